The number of hydrogen-bond donors (Lipinski definition) is 2. The molecule has 3 nitrogen and oxygen atoms in total. The van der Waals surface area contributed by atoms with Gasteiger partial charge in [0.1, 0.15) is 5.76 Å². The molecule has 0 aliphatic heterocycles. The van der Waals surface area contributed by atoms with Crippen LogP contribution in [-0.2, 0) is 0 Å². The zero-order valence-corrected chi connectivity index (χ0v) is 11.4. The Kier molecular flexibility index (Phi) is 5.22. The summed E-state index contributed by atoms with van der Waals surface area (Å²) in [6.07, 6.45) is 3.13. The van der Waals surface area contributed by atoms with Crippen LogP contribution >= 0.6 is 0 Å². The Morgan fingerprint density at radius 1 is 1.41 bits per heavy atom. The summed E-state index contributed by atoms with van der Waals surface area (Å²) >= 11 is 0. The SMILES string of the molecule is CCC(NCC(O)CC(C)(C)C)c1ccco1. The van der Waals surface area contributed by atoms with Crippen LogP contribution < -0.4 is 5.32 Å². The highest BCUT2D eigenvalue weighted by atomic mass is 16.3. The molecule has 0 aliphatic rings. The number of rotatable bonds is 6. The van der Waals surface area contributed by atoms with E-state index in [9.17, 15) is 5.11 Å². The van der Waals surface area contributed by atoms with Gasteiger partial charge in [0.2, 0.25) is 0 Å². The predicted octanol–water partition coefficient (Wildman–Crippen LogP) is 3.12. The lowest BCUT2D eigenvalue weighted by molar-refractivity contribution is 0.115. The fourth-order valence-corrected chi connectivity index (χ4v) is 1.99. The van der Waals surface area contributed by atoms with Crippen LogP contribution in [0.2, 0.25) is 0 Å². The largest absolute Gasteiger partial charge is 0.468 e. The molecule has 0 bridgehead atoms. The monoisotopic (exact) mass is 239 g/mol. The van der Waals surface area contributed by atoms with E-state index in [2.05, 4.69) is 33.0 Å². The number of hydrogen-bond acceptors (Lipinski definition) is 3. The summed E-state index contributed by atoms with van der Waals surface area (Å²) in [5.41, 5.74) is 0.160. The first-order valence-electron chi connectivity index (χ1n) is 6.37. The standard InChI is InChI=1S/C14H25NO2/c1-5-12(13-7-6-8-17-13)15-10-11(16)9-14(2,3)4/h6-8,11-12,15-16H,5,9-10H2,1-4H3. The number of nitrogens with one attached hydrogen (secondary N) is 1. The van der Waals surface area contributed by atoms with Gasteiger partial charge in [-0.2, -0.15) is 0 Å². The van der Waals surface area contributed by atoms with E-state index in [4.69, 9.17) is 4.42 Å². The van der Waals surface area contributed by atoms with Gasteiger partial charge in [0, 0.05) is 6.54 Å². The third kappa shape index (κ3) is 5.37. The van der Waals surface area contributed by atoms with Gasteiger partial charge in [0.05, 0.1) is 18.4 Å². The van der Waals surface area contributed by atoms with Crippen LogP contribution in [0.25, 0.3) is 0 Å². The lowest BCUT2D eigenvalue weighted by Crippen LogP contribution is -2.32. The van der Waals surface area contributed by atoms with Gasteiger partial charge in [-0.25, -0.2) is 0 Å². The average Bonchev–Trinajstić information content (AvgIpc) is 2.69. The van der Waals surface area contributed by atoms with Crippen LogP contribution in [0.15, 0.2) is 22.8 Å². The van der Waals surface area contributed by atoms with Crippen molar-refractivity contribution in [3.8, 4) is 0 Å². The van der Waals surface area contributed by atoms with E-state index >= 15 is 0 Å². The molecule has 0 amide bonds. The molecule has 17 heavy (non-hydrogen) atoms. The zero-order valence-electron chi connectivity index (χ0n) is 11.4. The molecular formula is C14H25NO2. The topological polar surface area (TPSA) is 45.4 Å². The van der Waals surface area contributed by atoms with Crippen molar-refractivity contribution in [3.63, 3.8) is 0 Å². The number of furan rings is 1. The Morgan fingerprint density at radius 2 is 2.12 bits per heavy atom. The van der Waals surface area contributed by atoms with E-state index in [-0.39, 0.29) is 17.6 Å². The number of aliphatic hydroxyl groups is 1. The molecule has 3 heteroatoms. The zero-order chi connectivity index (χ0) is 12.9. The minimum atomic E-state index is -0.306. The minimum Gasteiger partial charge on any atom is -0.468 e. The summed E-state index contributed by atoms with van der Waals surface area (Å²) in [7, 11) is 0. The minimum absolute atomic E-state index is 0.160. The maximum Gasteiger partial charge on any atom is 0.120 e. The lowest BCUT2D eigenvalue weighted by atomic mass is 9.89. The molecule has 1 aromatic heterocycles. The molecule has 0 radical (unpaired) electrons. The van der Waals surface area contributed by atoms with Crippen LogP contribution in [0.1, 0.15) is 52.3 Å². The van der Waals surface area contributed by atoms with Crippen molar-refractivity contribution in [1.29, 1.82) is 0 Å². The van der Waals surface area contributed by atoms with Crippen molar-refractivity contribution in [1.82, 2.24) is 5.32 Å². The summed E-state index contributed by atoms with van der Waals surface area (Å²) in [6, 6.07) is 4.06. The van der Waals surface area contributed by atoms with Gasteiger partial charge >= 0.3 is 0 Å². The van der Waals surface area contributed by atoms with Crippen molar-refractivity contribution in [2.45, 2.75) is 52.7 Å². The summed E-state index contributed by atoms with van der Waals surface area (Å²) in [4.78, 5) is 0. The predicted molar refractivity (Wildman–Crippen MR) is 69.8 cm³/mol. The Morgan fingerprint density at radius 3 is 2.59 bits per heavy atom. The maximum atomic E-state index is 9.93. The van der Waals surface area contributed by atoms with Gasteiger partial charge in [-0.05, 0) is 30.4 Å². The van der Waals surface area contributed by atoms with Crippen molar-refractivity contribution in [2.75, 3.05) is 6.54 Å². The van der Waals surface area contributed by atoms with E-state index < -0.39 is 0 Å². The molecule has 2 unspecified atom stereocenters. The molecule has 1 rings (SSSR count). The van der Waals surface area contributed by atoms with E-state index in [0.29, 0.717) is 6.54 Å². The van der Waals surface area contributed by atoms with Crippen LogP contribution in [0, 0.1) is 5.41 Å². The summed E-state index contributed by atoms with van der Waals surface area (Å²) < 4.78 is 5.38. The second-order valence-corrected chi connectivity index (χ2v) is 5.80. The maximum absolute atomic E-state index is 9.93. The second kappa shape index (κ2) is 6.22. The first-order chi connectivity index (χ1) is 7.92. The normalized spacial score (nSPS) is 15.8. The average molecular weight is 239 g/mol. The first-order valence-corrected chi connectivity index (χ1v) is 6.37. The van der Waals surface area contributed by atoms with E-state index in [1.165, 1.54) is 0 Å². The van der Waals surface area contributed by atoms with Crippen molar-refractivity contribution in [3.05, 3.63) is 24.2 Å². The molecular weight excluding hydrogens is 214 g/mol. The fraction of sp³-hybridized carbons (Fsp3) is 0.714. The van der Waals surface area contributed by atoms with E-state index in [1.807, 2.05) is 12.1 Å². The Bertz CT molecular complexity index is 301. The number of aliphatic hydroxyl groups excluding tert-OH is 1. The van der Waals surface area contributed by atoms with Crippen molar-refractivity contribution >= 4 is 0 Å². The molecule has 0 aromatic carbocycles. The molecule has 0 spiro atoms. The fourth-order valence-electron chi connectivity index (χ4n) is 1.99. The molecule has 0 saturated heterocycles. The summed E-state index contributed by atoms with van der Waals surface area (Å²) in [5.74, 6) is 0.940. The van der Waals surface area contributed by atoms with Gasteiger partial charge < -0.3 is 14.8 Å². The highest BCUT2D eigenvalue weighted by Crippen LogP contribution is 2.21. The highest BCUT2D eigenvalue weighted by Gasteiger charge is 2.18. The summed E-state index contributed by atoms with van der Waals surface area (Å²) in [5, 5.41) is 13.3. The molecule has 1 heterocycles. The van der Waals surface area contributed by atoms with Crippen LogP contribution in [0.3, 0.4) is 0 Å². The molecule has 2 N–H and O–H groups in total. The third-order valence-electron chi connectivity index (χ3n) is 2.74. The lowest BCUT2D eigenvalue weighted by Gasteiger charge is -2.24. The van der Waals surface area contributed by atoms with Crippen LogP contribution in [0.4, 0.5) is 0 Å². The van der Waals surface area contributed by atoms with Gasteiger partial charge in [-0.1, -0.05) is 27.7 Å². The van der Waals surface area contributed by atoms with Gasteiger partial charge in [-0.3, -0.25) is 0 Å². The quantitative estimate of drug-likeness (QED) is 0.801. The Balaban J connectivity index is 2.38. The molecule has 98 valence electrons. The highest BCUT2D eigenvalue weighted by molar-refractivity contribution is 5.04. The van der Waals surface area contributed by atoms with Gasteiger partial charge in [0.15, 0.2) is 0 Å². The molecule has 2 atom stereocenters. The summed E-state index contributed by atoms with van der Waals surface area (Å²) in [6.45, 7) is 9.13. The van der Waals surface area contributed by atoms with Crippen LogP contribution in [0.5, 0.6) is 0 Å². The molecule has 1 aromatic rings. The van der Waals surface area contributed by atoms with Gasteiger partial charge in [0.25, 0.3) is 0 Å². The Hall–Kier alpha value is -0.800. The molecule has 0 saturated carbocycles. The van der Waals surface area contributed by atoms with E-state index in [1.54, 1.807) is 6.26 Å². The Labute approximate surface area is 104 Å². The third-order valence-corrected chi connectivity index (χ3v) is 2.74. The molecule has 0 fully saturated rings. The first kappa shape index (κ1) is 14.3. The van der Waals surface area contributed by atoms with E-state index in [0.717, 1.165) is 18.6 Å². The second-order valence-electron chi connectivity index (χ2n) is 5.80. The van der Waals surface area contributed by atoms with Crippen LogP contribution in [-0.4, -0.2) is 17.8 Å². The van der Waals surface area contributed by atoms with Crippen molar-refractivity contribution in [2.24, 2.45) is 5.41 Å². The van der Waals surface area contributed by atoms with Crippen molar-refractivity contribution < 1.29 is 9.52 Å². The van der Waals surface area contributed by atoms with Gasteiger partial charge in [-0.15, -0.1) is 0 Å². The molecule has 0 aliphatic carbocycles. The smallest absolute Gasteiger partial charge is 0.120 e.